The summed E-state index contributed by atoms with van der Waals surface area (Å²) in [6, 6.07) is 62.9. The van der Waals surface area contributed by atoms with E-state index >= 15 is 0 Å². The first-order valence-corrected chi connectivity index (χ1v) is 32.0. The zero-order valence-corrected chi connectivity index (χ0v) is 59.7. The third-order valence-corrected chi connectivity index (χ3v) is 17.5. The molecule has 0 unspecified atom stereocenters. The first-order valence-electron chi connectivity index (χ1n) is 32.0. The van der Waals surface area contributed by atoms with Crippen molar-refractivity contribution in [3.8, 4) is 0 Å². The van der Waals surface area contributed by atoms with Gasteiger partial charge >= 0.3 is 0 Å². The van der Waals surface area contributed by atoms with Crippen molar-refractivity contribution in [2.24, 2.45) is 25.6 Å². The second-order valence-electron chi connectivity index (χ2n) is 23.4. The monoisotopic (exact) mass is 1400 g/mol. The van der Waals surface area contributed by atoms with E-state index in [4.69, 9.17) is 27.7 Å². The first kappa shape index (κ1) is 78.3. The molecule has 0 aliphatic carbocycles. The fourth-order valence-corrected chi connectivity index (χ4v) is 13.1. The van der Waals surface area contributed by atoms with Crippen LogP contribution in [0.25, 0.3) is 0 Å². The van der Waals surface area contributed by atoms with E-state index in [9.17, 15) is 0 Å². The second kappa shape index (κ2) is 37.2. The van der Waals surface area contributed by atoms with Crippen molar-refractivity contribution >= 4 is 85.3 Å². The van der Waals surface area contributed by atoms with Gasteiger partial charge in [0.05, 0.1) is 0 Å². The zero-order chi connectivity index (χ0) is 64.7. The highest BCUT2D eigenvalue weighted by atomic mass is 35.5. The summed E-state index contributed by atoms with van der Waals surface area (Å²) in [4.78, 5) is 0. The standard InChI is InChI=1S/C77H81N15.5ClH/c1-8-49-39-69(84-59-16-26-64(89-79)27-17-59)41-51(74(49)10-3)36-53-43-71(86-61-20-30-66(91-81)31-21-61)45-55(76(53)12-5)38-57-47-72(87-62-22-32-67(92-82)33-23-62)46-56(77(57)13-6)37-54-44-70(85-60-18-28-65(90-80)29-19-60)42-52(75(54)11-4)35-50-40-68(34-48(7)73(50)9-2)83-58-14-24-63(88-78)25-15-58;;;;;/h14-34,39-47,78-87H,8-13,35-38H2,1-7H3;5*1H. The zero-order valence-electron chi connectivity index (χ0n) is 55.9. The summed E-state index contributed by atoms with van der Waals surface area (Å²) in [6.45, 7) is 15.9. The Hall–Kier alpha value is -9.35. The van der Waals surface area contributed by atoms with Crippen molar-refractivity contribution in [2.75, 3.05) is 26.6 Å². The summed E-state index contributed by atoms with van der Waals surface area (Å²) < 4.78 is 0. The summed E-state index contributed by atoms with van der Waals surface area (Å²) >= 11 is 0. The highest BCUT2D eigenvalue weighted by molar-refractivity contribution is 5.72. The fraction of sp³-hybridized carbons (Fsp3) is 0.221. The molecule has 10 rings (SSSR count). The molecule has 10 aromatic carbocycles. The Morgan fingerprint density at radius 2 is 0.402 bits per heavy atom. The van der Waals surface area contributed by atoms with Gasteiger partial charge in [-0.05, 0) is 362 Å². The van der Waals surface area contributed by atoms with Gasteiger partial charge in [0.25, 0.3) is 0 Å². The van der Waals surface area contributed by atoms with Crippen molar-refractivity contribution in [2.45, 2.75) is 113 Å². The summed E-state index contributed by atoms with van der Waals surface area (Å²) in [5.41, 5.74) is 61.3. The van der Waals surface area contributed by atoms with Crippen LogP contribution in [0.2, 0.25) is 0 Å². The Labute approximate surface area is 601 Å². The number of aryl methyl sites for hydroxylation is 2. The third kappa shape index (κ3) is 19.5. The molecule has 0 atom stereocenters. The molecule has 15 N–H and O–H groups in total. The molecule has 0 aliphatic rings. The van der Waals surface area contributed by atoms with Crippen LogP contribution in [0, 0.1) is 6.92 Å². The van der Waals surface area contributed by atoms with Gasteiger partial charge in [-0.15, -0.1) is 0 Å². The minimum Gasteiger partial charge on any atom is -1.00 e. The van der Waals surface area contributed by atoms with Gasteiger partial charge in [0.1, 0.15) is 28.4 Å². The Kier molecular flexibility index (Phi) is 30.1. The number of rotatable bonds is 29. The maximum absolute atomic E-state index is 5.75. The number of hydrogen-bond donors (Lipinski definition) is 10. The normalized spacial score (nSPS) is 10.4. The van der Waals surface area contributed by atoms with Gasteiger partial charge in [-0.2, -0.15) is 27.7 Å². The predicted octanol–water partition coefficient (Wildman–Crippen LogP) is -0.315. The molecule has 20 heteroatoms. The summed E-state index contributed by atoms with van der Waals surface area (Å²) in [5, 5.41) is 38.4. The predicted molar refractivity (Wildman–Crippen MR) is 373 cm³/mol. The molecule has 0 amide bonds. The average Bonchev–Trinajstić information content (AvgIpc) is 0.791. The molecule has 0 spiro atoms. The molecule has 0 bridgehead atoms. The van der Waals surface area contributed by atoms with E-state index in [1.807, 2.05) is 121 Å². The molecule has 0 aromatic heterocycles. The lowest BCUT2D eigenvalue weighted by Crippen LogP contribution is -3.00. The maximum Gasteiger partial charge on any atom is 0.130 e. The topological polar surface area (TPSA) is 250 Å². The molecule has 10 aromatic rings. The molecule has 15 nitrogen and oxygen atoms in total. The van der Waals surface area contributed by atoms with Crippen LogP contribution in [0.5, 0.6) is 0 Å². The fourth-order valence-electron chi connectivity index (χ4n) is 13.1. The lowest BCUT2D eigenvalue weighted by Gasteiger charge is -2.24. The average molecular weight is 1400 g/mol. The number of halogens is 5. The van der Waals surface area contributed by atoms with Gasteiger partial charge < -0.3 is 88.6 Å². The molecule has 97 heavy (non-hydrogen) atoms. The van der Waals surface area contributed by atoms with Crippen molar-refractivity contribution < 1.29 is 89.7 Å². The summed E-state index contributed by atoms with van der Waals surface area (Å²) in [5.74, 6) is 0. The van der Waals surface area contributed by atoms with E-state index in [1.54, 1.807) is 0 Å². The van der Waals surface area contributed by atoms with Gasteiger partial charge in [0.15, 0.2) is 0 Å². The lowest BCUT2D eigenvalue weighted by atomic mass is 9.84. The molecular formula is C77H86Cl5N15. The second-order valence-corrected chi connectivity index (χ2v) is 23.4. The van der Waals surface area contributed by atoms with Crippen molar-refractivity contribution in [3.05, 3.63) is 265 Å². The number of anilines is 10. The van der Waals surface area contributed by atoms with E-state index in [2.05, 4.69) is 161 Å². The Morgan fingerprint density at radius 1 is 0.227 bits per heavy atom. The van der Waals surface area contributed by atoms with Crippen LogP contribution >= 0.6 is 0 Å². The van der Waals surface area contributed by atoms with Crippen LogP contribution in [0.15, 0.2) is 208 Å². The van der Waals surface area contributed by atoms with Crippen LogP contribution in [-0.2, 0) is 64.2 Å². The van der Waals surface area contributed by atoms with Gasteiger partial charge in [0, 0.05) is 56.9 Å². The quantitative estimate of drug-likeness (QED) is 0.0283. The molecule has 0 radical (unpaired) electrons. The number of nitrogens with two attached hydrogens (primary N) is 5. The van der Waals surface area contributed by atoms with Gasteiger partial charge in [0.2, 0.25) is 0 Å². The van der Waals surface area contributed by atoms with Gasteiger partial charge in [-0.25, -0.2) is 0 Å². The molecule has 0 fully saturated rings. The van der Waals surface area contributed by atoms with Crippen LogP contribution in [0.4, 0.5) is 85.3 Å². The number of benzene rings is 10. The highest BCUT2D eigenvalue weighted by Crippen LogP contribution is 2.38. The summed E-state index contributed by atoms with van der Waals surface area (Å²) in [7, 11) is 0. The van der Waals surface area contributed by atoms with Gasteiger partial charge in [-0.3, -0.25) is 0 Å². The Bertz CT molecular complexity index is 4320. The summed E-state index contributed by atoms with van der Waals surface area (Å²) in [6.07, 6.45) is 8.07. The molecule has 0 aliphatic heterocycles. The SMILES string of the molecule is CCc1cc(Nc2ccc(N=[NH2+])cc2)cc(Cc2cc(Nc3ccc(N=[NH2+])cc3)cc(Cc3cc(Nc4ccc(N=[NH2+])cc4)cc(Cc4cc(Nc5ccc(N=[NH2+])cc5)cc(Cc5cc(Nc6ccc(N=[NH2+])cc6)cc(C)c5CC)c4CC)c3CC)c2CC)c1CC.[Cl-].[Cl-].[Cl-].[Cl-].[Cl-]. The van der Waals surface area contributed by atoms with Crippen molar-refractivity contribution in [3.63, 3.8) is 0 Å². The van der Waals surface area contributed by atoms with Crippen LogP contribution in [0.3, 0.4) is 0 Å². The van der Waals surface area contributed by atoms with Crippen LogP contribution in [-0.4, -0.2) is 0 Å². The van der Waals surface area contributed by atoms with Crippen molar-refractivity contribution in [1.82, 2.24) is 0 Å². The molecule has 0 saturated heterocycles. The van der Waals surface area contributed by atoms with E-state index in [1.165, 1.54) is 83.5 Å². The Balaban J connectivity index is 0.00000340. The molecular weight excluding hydrogens is 1310 g/mol. The smallest absolute Gasteiger partial charge is 0.130 e. The molecule has 0 heterocycles. The first-order chi connectivity index (χ1) is 44.9. The minimum atomic E-state index is 0. The lowest BCUT2D eigenvalue weighted by molar-refractivity contribution is -0.210. The van der Waals surface area contributed by atoms with Crippen LogP contribution < -0.4 is 116 Å². The Morgan fingerprint density at radius 3 is 0.588 bits per heavy atom. The molecule has 0 saturated carbocycles. The van der Waals surface area contributed by atoms with E-state index in [0.29, 0.717) is 29.9 Å². The minimum absolute atomic E-state index is 0. The highest BCUT2D eigenvalue weighted by Gasteiger charge is 2.22. The van der Waals surface area contributed by atoms with Crippen molar-refractivity contribution in [1.29, 1.82) is 0 Å². The van der Waals surface area contributed by atoms with Gasteiger partial charge in [-0.1, -0.05) is 41.5 Å². The number of hydrogen-bond acceptors (Lipinski definition) is 10. The van der Waals surface area contributed by atoms with E-state index < -0.39 is 0 Å². The van der Waals surface area contributed by atoms with E-state index in [0.717, 1.165) is 120 Å². The molecule has 504 valence electrons. The number of nitrogens with one attached hydrogen (secondary N) is 5. The third-order valence-electron chi connectivity index (χ3n) is 17.5. The van der Waals surface area contributed by atoms with E-state index in [-0.39, 0.29) is 62.0 Å². The van der Waals surface area contributed by atoms with Crippen LogP contribution in [0.1, 0.15) is 125 Å². The maximum atomic E-state index is 5.75. The number of nitrogens with zero attached hydrogens (tertiary/aromatic N) is 5. The largest absolute Gasteiger partial charge is 1.00 e.